The van der Waals surface area contributed by atoms with E-state index in [4.69, 9.17) is 9.47 Å². The Labute approximate surface area is 181 Å². The monoisotopic (exact) mass is 505 g/mol. The van der Waals surface area contributed by atoms with E-state index in [9.17, 15) is 8.78 Å². The van der Waals surface area contributed by atoms with Gasteiger partial charge in [-0.25, -0.2) is 8.78 Å². The Kier molecular flexibility index (Phi) is 9.98. The van der Waals surface area contributed by atoms with Crippen LogP contribution in [-0.2, 0) is 13.0 Å². The van der Waals surface area contributed by atoms with Crippen LogP contribution >= 0.6 is 24.0 Å². The van der Waals surface area contributed by atoms with Crippen LogP contribution in [0.3, 0.4) is 0 Å². The number of halogens is 3. The molecule has 0 bridgehead atoms. The van der Waals surface area contributed by atoms with E-state index in [2.05, 4.69) is 10.3 Å². The Morgan fingerprint density at radius 2 is 1.86 bits per heavy atom. The molecule has 0 aliphatic heterocycles. The molecule has 2 aromatic carbocycles. The summed E-state index contributed by atoms with van der Waals surface area (Å²) in [6.07, 6.45) is 0.350. The van der Waals surface area contributed by atoms with Gasteiger partial charge in [0.1, 0.15) is 11.5 Å². The van der Waals surface area contributed by atoms with Gasteiger partial charge in [0, 0.05) is 38.8 Å². The fraction of sp³-hybridized carbons (Fsp3) is 0.350. The first-order chi connectivity index (χ1) is 13.0. The van der Waals surface area contributed by atoms with Crippen molar-refractivity contribution in [2.24, 2.45) is 4.99 Å². The van der Waals surface area contributed by atoms with Crippen molar-refractivity contribution in [2.45, 2.75) is 13.0 Å². The summed E-state index contributed by atoms with van der Waals surface area (Å²) in [7, 11) is 6.78. The van der Waals surface area contributed by atoms with E-state index in [0.717, 1.165) is 23.1 Å². The quantitative estimate of drug-likeness (QED) is 0.353. The second-order valence-corrected chi connectivity index (χ2v) is 5.97. The Bertz CT molecular complexity index is 803. The summed E-state index contributed by atoms with van der Waals surface area (Å²) in [6.45, 7) is 0.984. The fourth-order valence-electron chi connectivity index (χ4n) is 2.75. The zero-order chi connectivity index (χ0) is 19.8. The molecule has 0 aromatic heterocycles. The fourth-order valence-corrected chi connectivity index (χ4v) is 2.75. The molecule has 154 valence electrons. The number of nitrogens with one attached hydrogen (secondary N) is 1. The minimum absolute atomic E-state index is 0. The van der Waals surface area contributed by atoms with Gasteiger partial charge >= 0.3 is 0 Å². The van der Waals surface area contributed by atoms with E-state index >= 15 is 0 Å². The number of aliphatic imine (C=N–C) groups is 1. The van der Waals surface area contributed by atoms with Crippen molar-refractivity contribution in [2.75, 3.05) is 34.9 Å². The largest absolute Gasteiger partial charge is 0.497 e. The molecule has 2 aromatic rings. The standard InChI is InChI=1S/C20H25F2N3O2.HI/c1-23-20(24-11-10-14-6-5-7-17(21)19(14)22)25(2)13-15-8-9-16(26-3)12-18(15)27-4;/h5-9,12H,10-11,13H2,1-4H3,(H,23,24);1H. The molecule has 28 heavy (non-hydrogen) atoms. The highest BCUT2D eigenvalue weighted by Gasteiger charge is 2.12. The van der Waals surface area contributed by atoms with Gasteiger partial charge in [-0.3, -0.25) is 4.99 Å². The second kappa shape index (κ2) is 11.7. The van der Waals surface area contributed by atoms with E-state index in [1.54, 1.807) is 27.3 Å². The molecule has 0 saturated carbocycles. The van der Waals surface area contributed by atoms with Crippen molar-refractivity contribution in [1.29, 1.82) is 0 Å². The van der Waals surface area contributed by atoms with Crippen LogP contribution in [-0.4, -0.2) is 45.7 Å². The van der Waals surface area contributed by atoms with Crippen molar-refractivity contribution in [1.82, 2.24) is 10.2 Å². The Morgan fingerprint density at radius 1 is 1.11 bits per heavy atom. The average Bonchev–Trinajstić information content (AvgIpc) is 2.68. The summed E-state index contributed by atoms with van der Waals surface area (Å²) in [6, 6.07) is 9.82. The molecule has 0 aliphatic carbocycles. The number of hydrogen-bond acceptors (Lipinski definition) is 3. The lowest BCUT2D eigenvalue weighted by Gasteiger charge is -2.23. The molecule has 0 radical (unpaired) electrons. The van der Waals surface area contributed by atoms with E-state index < -0.39 is 11.6 Å². The third-order valence-corrected chi connectivity index (χ3v) is 4.18. The third-order valence-electron chi connectivity index (χ3n) is 4.18. The van der Waals surface area contributed by atoms with Crippen molar-refractivity contribution >= 4 is 29.9 Å². The Balaban J connectivity index is 0.00000392. The highest BCUT2D eigenvalue weighted by atomic mass is 127. The maximum atomic E-state index is 13.7. The molecule has 0 amide bonds. The molecule has 0 aliphatic rings. The van der Waals surface area contributed by atoms with Crippen LogP contribution in [0.4, 0.5) is 8.78 Å². The molecule has 8 heteroatoms. The predicted octanol–water partition coefficient (Wildman–Crippen LogP) is 3.85. The van der Waals surface area contributed by atoms with Crippen LogP contribution in [0.25, 0.3) is 0 Å². The summed E-state index contributed by atoms with van der Waals surface area (Å²) in [5.41, 5.74) is 1.30. The summed E-state index contributed by atoms with van der Waals surface area (Å²) < 4.78 is 37.6. The summed E-state index contributed by atoms with van der Waals surface area (Å²) >= 11 is 0. The molecule has 0 atom stereocenters. The van der Waals surface area contributed by atoms with Crippen LogP contribution in [0, 0.1) is 11.6 Å². The Hall–Kier alpha value is -2.10. The van der Waals surface area contributed by atoms with Crippen LogP contribution in [0.2, 0.25) is 0 Å². The van der Waals surface area contributed by atoms with Gasteiger partial charge in [0.05, 0.1) is 14.2 Å². The van der Waals surface area contributed by atoms with Crippen LogP contribution in [0.1, 0.15) is 11.1 Å². The third kappa shape index (κ3) is 6.22. The number of benzene rings is 2. The lowest BCUT2D eigenvalue weighted by atomic mass is 10.1. The maximum Gasteiger partial charge on any atom is 0.193 e. The minimum atomic E-state index is -0.833. The van der Waals surface area contributed by atoms with Gasteiger partial charge in [-0.15, -0.1) is 24.0 Å². The molecule has 0 fully saturated rings. The second-order valence-electron chi connectivity index (χ2n) is 5.97. The normalized spacial score (nSPS) is 10.9. The van der Waals surface area contributed by atoms with Gasteiger partial charge in [-0.2, -0.15) is 0 Å². The molecule has 0 heterocycles. The average molecular weight is 505 g/mol. The van der Waals surface area contributed by atoms with Gasteiger partial charge in [-0.05, 0) is 30.2 Å². The van der Waals surface area contributed by atoms with Gasteiger partial charge in [-0.1, -0.05) is 12.1 Å². The molecule has 5 nitrogen and oxygen atoms in total. The number of methoxy groups -OCH3 is 2. The van der Waals surface area contributed by atoms with Crippen molar-refractivity contribution in [3.8, 4) is 11.5 Å². The van der Waals surface area contributed by atoms with E-state index in [1.165, 1.54) is 6.07 Å². The first-order valence-corrected chi connectivity index (χ1v) is 8.55. The zero-order valence-electron chi connectivity index (χ0n) is 16.5. The highest BCUT2D eigenvalue weighted by molar-refractivity contribution is 14.0. The Morgan fingerprint density at radius 3 is 2.50 bits per heavy atom. The molecule has 0 saturated heterocycles. The molecular weight excluding hydrogens is 479 g/mol. The van der Waals surface area contributed by atoms with Crippen LogP contribution in [0.5, 0.6) is 11.5 Å². The first kappa shape index (κ1) is 23.9. The smallest absolute Gasteiger partial charge is 0.193 e. The summed E-state index contributed by atoms with van der Waals surface area (Å²) in [5.74, 6) is 0.451. The summed E-state index contributed by atoms with van der Waals surface area (Å²) in [4.78, 5) is 6.17. The topological polar surface area (TPSA) is 46.1 Å². The van der Waals surface area contributed by atoms with Crippen LogP contribution in [0.15, 0.2) is 41.4 Å². The first-order valence-electron chi connectivity index (χ1n) is 8.55. The molecular formula is C20H26F2IN3O2. The number of nitrogens with zero attached hydrogens (tertiary/aromatic N) is 2. The lowest BCUT2D eigenvalue weighted by Crippen LogP contribution is -2.39. The summed E-state index contributed by atoms with van der Waals surface area (Å²) in [5, 5.41) is 3.17. The van der Waals surface area contributed by atoms with E-state index in [-0.39, 0.29) is 24.0 Å². The number of hydrogen-bond donors (Lipinski definition) is 1. The zero-order valence-corrected chi connectivity index (χ0v) is 18.8. The van der Waals surface area contributed by atoms with Crippen molar-refractivity contribution < 1.29 is 18.3 Å². The molecule has 0 spiro atoms. The molecule has 0 unspecified atom stereocenters. The lowest BCUT2D eigenvalue weighted by molar-refractivity contribution is 0.382. The van der Waals surface area contributed by atoms with Gasteiger partial charge < -0.3 is 19.7 Å². The minimum Gasteiger partial charge on any atom is -0.497 e. The van der Waals surface area contributed by atoms with E-state index in [0.29, 0.717) is 31.0 Å². The van der Waals surface area contributed by atoms with E-state index in [1.807, 2.05) is 30.1 Å². The SMILES string of the molecule is CN=C(NCCc1cccc(F)c1F)N(C)Cc1ccc(OC)cc1OC.I. The predicted molar refractivity (Wildman–Crippen MR) is 118 cm³/mol. The van der Waals surface area contributed by atoms with Crippen molar-refractivity contribution in [3.05, 3.63) is 59.2 Å². The highest BCUT2D eigenvalue weighted by Crippen LogP contribution is 2.25. The number of rotatable bonds is 7. The van der Waals surface area contributed by atoms with Gasteiger partial charge in [0.25, 0.3) is 0 Å². The molecule has 2 rings (SSSR count). The maximum absolute atomic E-state index is 13.7. The van der Waals surface area contributed by atoms with Gasteiger partial charge in [0.2, 0.25) is 0 Å². The van der Waals surface area contributed by atoms with Crippen LogP contribution < -0.4 is 14.8 Å². The van der Waals surface area contributed by atoms with Gasteiger partial charge in [0.15, 0.2) is 17.6 Å². The van der Waals surface area contributed by atoms with Crippen molar-refractivity contribution in [3.63, 3.8) is 0 Å². The number of ether oxygens (including phenoxy) is 2. The molecule has 1 N–H and O–H groups in total. The number of guanidine groups is 1.